The van der Waals surface area contributed by atoms with Crippen LogP contribution in [-0.4, -0.2) is 0 Å². The van der Waals surface area contributed by atoms with Crippen LogP contribution in [0.4, 0.5) is 0 Å². The van der Waals surface area contributed by atoms with E-state index in [1.165, 1.54) is 47.2 Å². The average molecular weight is 296 g/mol. The summed E-state index contributed by atoms with van der Waals surface area (Å²) in [6.45, 7) is 11.3. The van der Waals surface area contributed by atoms with Crippen molar-refractivity contribution in [3.05, 3.63) is 53.2 Å². The van der Waals surface area contributed by atoms with Crippen molar-refractivity contribution in [1.29, 1.82) is 0 Å². The van der Waals surface area contributed by atoms with Crippen LogP contribution in [0.5, 0.6) is 0 Å². The third kappa shape index (κ3) is 2.95. The van der Waals surface area contributed by atoms with Gasteiger partial charge in [0.25, 0.3) is 0 Å². The Hall–Kier alpha value is -1.63. The molecule has 118 valence electrons. The largest absolute Gasteiger partial charge is 0.212 e. The van der Waals surface area contributed by atoms with Gasteiger partial charge >= 0.3 is 0 Å². The predicted molar refractivity (Wildman–Crippen MR) is 95.1 cm³/mol. The highest BCUT2D eigenvalue weighted by Crippen LogP contribution is 2.36. The van der Waals surface area contributed by atoms with Crippen LogP contribution in [0.25, 0.3) is 11.3 Å². The SMILES string of the molecule is CCC(CC)(CC)c1cc[n+](C)c(-c2ccc(C)cc2C)c1. The number of rotatable bonds is 5. The van der Waals surface area contributed by atoms with Crippen LogP contribution in [0.1, 0.15) is 56.7 Å². The van der Waals surface area contributed by atoms with Crippen molar-refractivity contribution in [2.75, 3.05) is 0 Å². The second-order valence-corrected chi connectivity index (χ2v) is 6.57. The van der Waals surface area contributed by atoms with E-state index in [-0.39, 0.29) is 0 Å². The summed E-state index contributed by atoms with van der Waals surface area (Å²) in [6, 6.07) is 11.5. The van der Waals surface area contributed by atoms with E-state index in [4.69, 9.17) is 0 Å². The number of nitrogens with zero attached hydrogens (tertiary/aromatic N) is 1. The van der Waals surface area contributed by atoms with Gasteiger partial charge in [0, 0.05) is 17.7 Å². The van der Waals surface area contributed by atoms with Crippen molar-refractivity contribution in [2.45, 2.75) is 59.3 Å². The second-order valence-electron chi connectivity index (χ2n) is 6.57. The summed E-state index contributed by atoms with van der Waals surface area (Å²) in [4.78, 5) is 0. The molecule has 1 heterocycles. The summed E-state index contributed by atoms with van der Waals surface area (Å²) in [6.07, 6.45) is 5.81. The second kappa shape index (κ2) is 6.64. The van der Waals surface area contributed by atoms with E-state index in [1.807, 2.05) is 0 Å². The van der Waals surface area contributed by atoms with Gasteiger partial charge in [0.15, 0.2) is 6.20 Å². The fraction of sp³-hybridized carbons (Fsp3) is 0.476. The number of aromatic nitrogens is 1. The Morgan fingerprint density at radius 3 is 2.09 bits per heavy atom. The molecule has 0 aliphatic carbocycles. The topological polar surface area (TPSA) is 3.88 Å². The Morgan fingerprint density at radius 2 is 1.55 bits per heavy atom. The van der Waals surface area contributed by atoms with Crippen LogP contribution >= 0.6 is 0 Å². The summed E-state index contributed by atoms with van der Waals surface area (Å²) >= 11 is 0. The van der Waals surface area contributed by atoms with Gasteiger partial charge in [-0.25, -0.2) is 4.57 Å². The van der Waals surface area contributed by atoms with Crippen molar-refractivity contribution in [3.63, 3.8) is 0 Å². The van der Waals surface area contributed by atoms with Crippen molar-refractivity contribution < 1.29 is 4.57 Å². The molecule has 1 heteroatoms. The molecule has 0 saturated heterocycles. The normalized spacial score (nSPS) is 11.7. The lowest BCUT2D eigenvalue weighted by molar-refractivity contribution is -0.660. The molecule has 0 aliphatic rings. The third-order valence-electron chi connectivity index (χ3n) is 5.45. The van der Waals surface area contributed by atoms with Crippen LogP contribution in [0, 0.1) is 13.8 Å². The fourth-order valence-electron chi connectivity index (χ4n) is 3.63. The molecule has 0 saturated carbocycles. The lowest BCUT2D eigenvalue weighted by Crippen LogP contribution is -2.33. The summed E-state index contributed by atoms with van der Waals surface area (Å²) < 4.78 is 2.24. The van der Waals surface area contributed by atoms with Crippen molar-refractivity contribution in [1.82, 2.24) is 0 Å². The number of hydrogen-bond acceptors (Lipinski definition) is 0. The Kier molecular flexibility index (Phi) is 5.05. The van der Waals surface area contributed by atoms with E-state index in [0.717, 1.165) is 0 Å². The molecule has 2 rings (SSSR count). The average Bonchev–Trinajstić information content (AvgIpc) is 2.51. The maximum atomic E-state index is 2.41. The fourth-order valence-corrected chi connectivity index (χ4v) is 3.63. The molecule has 0 fully saturated rings. The number of hydrogen-bond donors (Lipinski definition) is 0. The molecule has 1 nitrogen and oxygen atoms in total. The minimum Gasteiger partial charge on any atom is -0.201 e. The summed E-state index contributed by atoms with van der Waals surface area (Å²) in [5, 5.41) is 0. The van der Waals surface area contributed by atoms with Crippen LogP contribution in [0.2, 0.25) is 0 Å². The number of pyridine rings is 1. The molecule has 0 aliphatic heterocycles. The molecular formula is C21H30N+. The quantitative estimate of drug-likeness (QED) is 0.662. The molecule has 0 spiro atoms. The van der Waals surface area contributed by atoms with Gasteiger partial charge in [-0.15, -0.1) is 0 Å². The smallest absolute Gasteiger partial charge is 0.201 e. The molecule has 22 heavy (non-hydrogen) atoms. The summed E-state index contributed by atoms with van der Waals surface area (Å²) in [7, 11) is 2.14. The highest BCUT2D eigenvalue weighted by molar-refractivity contribution is 5.62. The molecule has 0 bridgehead atoms. The highest BCUT2D eigenvalue weighted by Gasteiger charge is 2.28. The van der Waals surface area contributed by atoms with Crippen molar-refractivity contribution in [3.8, 4) is 11.3 Å². The van der Waals surface area contributed by atoms with Gasteiger partial charge < -0.3 is 0 Å². The molecule has 1 aromatic carbocycles. The van der Waals surface area contributed by atoms with Gasteiger partial charge in [0.2, 0.25) is 5.69 Å². The molecule has 1 aromatic heterocycles. The monoisotopic (exact) mass is 296 g/mol. The Labute approximate surface area is 136 Å². The first-order valence-electron chi connectivity index (χ1n) is 8.55. The molecule has 0 atom stereocenters. The maximum Gasteiger partial charge on any atom is 0.212 e. The van der Waals surface area contributed by atoms with Gasteiger partial charge in [-0.1, -0.05) is 38.5 Å². The van der Waals surface area contributed by atoms with Crippen LogP contribution in [0.3, 0.4) is 0 Å². The van der Waals surface area contributed by atoms with E-state index in [2.05, 4.69) is 82.8 Å². The lowest BCUT2D eigenvalue weighted by Gasteiger charge is -2.31. The molecule has 0 radical (unpaired) electrons. The van der Waals surface area contributed by atoms with Crippen molar-refractivity contribution in [2.24, 2.45) is 7.05 Å². The zero-order valence-electron chi connectivity index (χ0n) is 15.0. The minimum absolute atomic E-state index is 0.307. The lowest BCUT2D eigenvalue weighted by atomic mass is 9.74. The van der Waals surface area contributed by atoms with Gasteiger partial charge in [-0.05, 0) is 55.7 Å². The molecule has 0 N–H and O–H groups in total. The maximum absolute atomic E-state index is 2.41. The first kappa shape index (κ1) is 16.7. The minimum atomic E-state index is 0.307. The molecule has 0 unspecified atom stereocenters. The zero-order chi connectivity index (χ0) is 16.3. The Balaban J connectivity index is 2.61. The first-order chi connectivity index (χ1) is 10.5. The number of aryl methyl sites for hydroxylation is 3. The van der Waals surface area contributed by atoms with Gasteiger partial charge in [0.05, 0.1) is 0 Å². The molecule has 2 aromatic rings. The van der Waals surface area contributed by atoms with Gasteiger partial charge in [-0.3, -0.25) is 0 Å². The van der Waals surface area contributed by atoms with Gasteiger partial charge in [0.1, 0.15) is 7.05 Å². The number of benzene rings is 1. The van der Waals surface area contributed by atoms with Crippen LogP contribution in [-0.2, 0) is 12.5 Å². The summed E-state index contributed by atoms with van der Waals surface area (Å²) in [5.74, 6) is 0. The van der Waals surface area contributed by atoms with Crippen LogP contribution in [0.15, 0.2) is 36.5 Å². The zero-order valence-corrected chi connectivity index (χ0v) is 15.0. The van der Waals surface area contributed by atoms with Crippen LogP contribution < -0.4 is 4.57 Å². The summed E-state index contributed by atoms with van der Waals surface area (Å²) in [5.41, 5.74) is 7.12. The third-order valence-corrected chi connectivity index (χ3v) is 5.45. The van der Waals surface area contributed by atoms with E-state index in [1.54, 1.807) is 0 Å². The Bertz CT molecular complexity index is 643. The highest BCUT2D eigenvalue weighted by atomic mass is 14.9. The van der Waals surface area contributed by atoms with E-state index < -0.39 is 0 Å². The predicted octanol–water partition coefficient (Wildman–Crippen LogP) is 5.26. The van der Waals surface area contributed by atoms with Crippen molar-refractivity contribution >= 4 is 0 Å². The van der Waals surface area contributed by atoms with E-state index in [0.29, 0.717) is 5.41 Å². The standard InChI is InChI=1S/C21H30N/c1-7-21(8-2,9-3)18-12-13-22(6)20(15-18)19-11-10-16(4)14-17(19)5/h10-15H,7-9H2,1-6H3/q+1. The van der Waals surface area contributed by atoms with E-state index in [9.17, 15) is 0 Å². The Morgan fingerprint density at radius 1 is 0.909 bits per heavy atom. The van der Waals surface area contributed by atoms with Gasteiger partial charge in [-0.2, -0.15) is 0 Å². The molecule has 0 amide bonds. The first-order valence-corrected chi connectivity index (χ1v) is 8.55. The van der Waals surface area contributed by atoms with E-state index >= 15 is 0 Å². The molecular weight excluding hydrogens is 266 g/mol.